The minimum absolute atomic E-state index is 0.790. The topological polar surface area (TPSA) is 38.1 Å². The lowest BCUT2D eigenvalue weighted by Crippen LogP contribution is -2.16. The number of hydrogen-bond acceptors (Lipinski definition) is 3. The van der Waals surface area contributed by atoms with Crippen LogP contribution in [0.2, 0.25) is 0 Å². The lowest BCUT2D eigenvalue weighted by atomic mass is 10.2. The summed E-state index contributed by atoms with van der Waals surface area (Å²) in [6.45, 7) is 1.74. The third kappa shape index (κ3) is 3.22. The van der Waals surface area contributed by atoms with Gasteiger partial charge in [-0.25, -0.2) is 0 Å². The van der Waals surface area contributed by atoms with E-state index in [2.05, 4.69) is 10.3 Å². The summed E-state index contributed by atoms with van der Waals surface area (Å²) in [4.78, 5) is 3.98. The van der Waals surface area contributed by atoms with Gasteiger partial charge in [-0.3, -0.25) is 4.98 Å². The molecule has 0 unspecified atom stereocenters. The highest BCUT2D eigenvalue weighted by atomic mass is 16.3. The minimum atomic E-state index is 0.790. The van der Waals surface area contributed by atoms with Crippen LogP contribution in [0, 0.1) is 0 Å². The Morgan fingerprint density at radius 3 is 2.80 bits per heavy atom. The molecule has 0 fully saturated rings. The van der Waals surface area contributed by atoms with Gasteiger partial charge in [0.25, 0.3) is 0 Å². The second-order valence-corrected chi connectivity index (χ2v) is 3.36. The Hall–Kier alpha value is -1.61. The van der Waals surface area contributed by atoms with E-state index in [9.17, 15) is 0 Å². The molecule has 0 spiro atoms. The summed E-state index contributed by atoms with van der Waals surface area (Å²) in [5.74, 6) is 0.977. The van der Waals surface area contributed by atoms with E-state index in [1.54, 1.807) is 6.26 Å². The van der Waals surface area contributed by atoms with Gasteiger partial charge in [-0.15, -0.1) is 0 Å². The van der Waals surface area contributed by atoms with E-state index >= 15 is 0 Å². The third-order valence-corrected chi connectivity index (χ3v) is 2.22. The average Bonchev–Trinajstić information content (AvgIpc) is 2.79. The molecular weight excluding hydrogens is 188 g/mol. The van der Waals surface area contributed by atoms with Crippen LogP contribution >= 0.6 is 0 Å². The fourth-order valence-corrected chi connectivity index (χ4v) is 1.41. The van der Waals surface area contributed by atoms with Gasteiger partial charge in [0.1, 0.15) is 5.76 Å². The molecule has 2 aromatic rings. The normalized spacial score (nSPS) is 10.4. The molecule has 0 aliphatic carbocycles. The predicted molar refractivity (Wildman–Crippen MR) is 58.4 cm³/mol. The molecule has 0 atom stereocenters. The first kappa shape index (κ1) is 9.93. The van der Waals surface area contributed by atoms with Crippen LogP contribution in [0.1, 0.15) is 11.3 Å². The number of nitrogens with one attached hydrogen (secondary N) is 1. The van der Waals surface area contributed by atoms with Crippen LogP contribution in [-0.4, -0.2) is 11.5 Å². The molecule has 78 valence electrons. The van der Waals surface area contributed by atoms with Crippen molar-refractivity contribution in [1.29, 1.82) is 0 Å². The van der Waals surface area contributed by atoms with Crippen molar-refractivity contribution >= 4 is 0 Å². The van der Waals surface area contributed by atoms with Crippen molar-refractivity contribution in [1.82, 2.24) is 10.3 Å². The summed E-state index contributed by atoms with van der Waals surface area (Å²) in [6, 6.07) is 7.95. The van der Waals surface area contributed by atoms with Crippen LogP contribution in [0.15, 0.2) is 47.3 Å². The first-order valence-corrected chi connectivity index (χ1v) is 5.07. The molecule has 15 heavy (non-hydrogen) atoms. The van der Waals surface area contributed by atoms with Crippen LogP contribution in [0.3, 0.4) is 0 Å². The average molecular weight is 202 g/mol. The Balaban J connectivity index is 1.68. The van der Waals surface area contributed by atoms with Crippen molar-refractivity contribution in [3.63, 3.8) is 0 Å². The van der Waals surface area contributed by atoms with Crippen LogP contribution in [-0.2, 0) is 13.0 Å². The molecule has 0 bridgehead atoms. The van der Waals surface area contributed by atoms with Crippen molar-refractivity contribution in [2.45, 2.75) is 13.0 Å². The fourth-order valence-electron chi connectivity index (χ4n) is 1.41. The molecular formula is C12H14N2O. The molecule has 0 aliphatic heterocycles. The Morgan fingerprint density at radius 1 is 1.20 bits per heavy atom. The van der Waals surface area contributed by atoms with Gasteiger partial charge in [-0.1, -0.05) is 0 Å². The van der Waals surface area contributed by atoms with Gasteiger partial charge < -0.3 is 9.73 Å². The van der Waals surface area contributed by atoms with Gasteiger partial charge in [0.05, 0.1) is 12.8 Å². The summed E-state index contributed by atoms with van der Waals surface area (Å²) in [5, 5.41) is 3.32. The van der Waals surface area contributed by atoms with Crippen LogP contribution in [0.4, 0.5) is 0 Å². The summed E-state index contributed by atoms with van der Waals surface area (Å²) < 4.78 is 5.21. The van der Waals surface area contributed by atoms with E-state index in [1.807, 2.05) is 36.7 Å². The number of nitrogens with zero attached hydrogens (tertiary/aromatic N) is 1. The summed E-state index contributed by atoms with van der Waals surface area (Å²) in [7, 11) is 0. The van der Waals surface area contributed by atoms with Gasteiger partial charge in [0.2, 0.25) is 0 Å². The standard InChI is InChI=1S/C12H14N2O/c1-2-12(15-9-1)10-14-8-5-11-3-6-13-7-4-11/h1-4,6-7,9,14H,5,8,10H2. The molecule has 0 aromatic carbocycles. The number of rotatable bonds is 5. The van der Waals surface area contributed by atoms with E-state index in [0.29, 0.717) is 0 Å². The highest BCUT2D eigenvalue weighted by Gasteiger charge is 1.95. The van der Waals surface area contributed by atoms with Crippen molar-refractivity contribution in [3.8, 4) is 0 Å². The van der Waals surface area contributed by atoms with Gasteiger partial charge >= 0.3 is 0 Å². The van der Waals surface area contributed by atoms with Crippen molar-refractivity contribution in [2.75, 3.05) is 6.54 Å². The summed E-state index contributed by atoms with van der Waals surface area (Å²) in [5.41, 5.74) is 1.30. The number of pyridine rings is 1. The van der Waals surface area contributed by atoms with Gasteiger partial charge in [-0.05, 0) is 42.8 Å². The zero-order valence-electron chi connectivity index (χ0n) is 8.52. The maximum absolute atomic E-state index is 5.21. The third-order valence-electron chi connectivity index (χ3n) is 2.22. The molecule has 0 saturated heterocycles. The molecule has 1 N–H and O–H groups in total. The molecule has 2 heterocycles. The van der Waals surface area contributed by atoms with Crippen LogP contribution in [0.5, 0.6) is 0 Å². The van der Waals surface area contributed by atoms with Gasteiger partial charge in [0.15, 0.2) is 0 Å². The van der Waals surface area contributed by atoms with Crippen LogP contribution in [0.25, 0.3) is 0 Å². The van der Waals surface area contributed by atoms with Crippen LogP contribution < -0.4 is 5.32 Å². The molecule has 0 radical (unpaired) electrons. The predicted octanol–water partition coefficient (Wildman–Crippen LogP) is 2.01. The molecule has 2 rings (SSSR count). The second kappa shape index (κ2) is 5.32. The lowest BCUT2D eigenvalue weighted by Gasteiger charge is -2.02. The Morgan fingerprint density at radius 2 is 2.07 bits per heavy atom. The molecule has 0 amide bonds. The zero-order chi connectivity index (χ0) is 10.3. The molecule has 3 nitrogen and oxygen atoms in total. The Kier molecular flexibility index (Phi) is 3.52. The molecule has 3 heteroatoms. The first-order chi connectivity index (χ1) is 7.45. The molecule has 0 aliphatic rings. The first-order valence-electron chi connectivity index (χ1n) is 5.07. The minimum Gasteiger partial charge on any atom is -0.468 e. The van der Waals surface area contributed by atoms with E-state index in [0.717, 1.165) is 25.3 Å². The fraction of sp³-hybridized carbons (Fsp3) is 0.250. The largest absolute Gasteiger partial charge is 0.468 e. The van der Waals surface area contributed by atoms with Crippen molar-refractivity contribution in [2.24, 2.45) is 0 Å². The van der Waals surface area contributed by atoms with Gasteiger partial charge in [0, 0.05) is 12.4 Å². The van der Waals surface area contributed by atoms with Crippen molar-refractivity contribution in [3.05, 3.63) is 54.2 Å². The smallest absolute Gasteiger partial charge is 0.117 e. The SMILES string of the molecule is c1coc(CNCCc2ccncc2)c1. The quantitative estimate of drug-likeness (QED) is 0.754. The van der Waals surface area contributed by atoms with E-state index < -0.39 is 0 Å². The maximum atomic E-state index is 5.21. The zero-order valence-corrected chi connectivity index (χ0v) is 8.52. The van der Waals surface area contributed by atoms with E-state index in [-0.39, 0.29) is 0 Å². The number of aromatic nitrogens is 1. The number of furan rings is 1. The molecule has 0 saturated carbocycles. The highest BCUT2D eigenvalue weighted by molar-refractivity contribution is 5.09. The Bertz CT molecular complexity index is 370. The van der Waals surface area contributed by atoms with E-state index in [1.165, 1.54) is 5.56 Å². The number of hydrogen-bond donors (Lipinski definition) is 1. The Labute approximate surface area is 89.1 Å². The van der Waals surface area contributed by atoms with Crippen molar-refractivity contribution < 1.29 is 4.42 Å². The monoisotopic (exact) mass is 202 g/mol. The lowest BCUT2D eigenvalue weighted by molar-refractivity contribution is 0.484. The molecule has 2 aromatic heterocycles. The van der Waals surface area contributed by atoms with Gasteiger partial charge in [-0.2, -0.15) is 0 Å². The summed E-state index contributed by atoms with van der Waals surface area (Å²) >= 11 is 0. The van der Waals surface area contributed by atoms with E-state index in [4.69, 9.17) is 4.42 Å². The maximum Gasteiger partial charge on any atom is 0.117 e. The second-order valence-electron chi connectivity index (χ2n) is 3.36. The highest BCUT2D eigenvalue weighted by Crippen LogP contribution is 1.99. The summed E-state index contributed by atoms with van der Waals surface area (Å²) in [6.07, 6.45) is 6.35.